The Morgan fingerprint density at radius 1 is 0.817 bits per heavy atom. The first kappa shape index (κ1) is 48.3. The molecule has 6 N–H and O–H groups in total. The van der Waals surface area contributed by atoms with Crippen molar-refractivity contribution in [3.8, 4) is 24.7 Å². The zero-order chi connectivity index (χ0) is 44.7. The number of benzene rings is 3. The molecule has 0 fully saturated rings. The molecule has 0 aliphatic rings. The summed E-state index contributed by atoms with van der Waals surface area (Å²) in [5.74, 6) is 2.93. The molecule has 0 aliphatic carbocycles. The van der Waals surface area contributed by atoms with Gasteiger partial charge in [0.25, 0.3) is 14.2 Å². The second kappa shape index (κ2) is 21.8. The van der Waals surface area contributed by atoms with Crippen LogP contribution in [0.4, 0.5) is 15.3 Å². The van der Waals surface area contributed by atoms with Crippen LogP contribution >= 0.6 is 0 Å². The minimum atomic E-state index is -3.05. The lowest BCUT2D eigenvalue weighted by atomic mass is 10.0. The molecule has 0 aromatic heterocycles. The predicted molar refractivity (Wildman–Crippen MR) is 238 cm³/mol. The van der Waals surface area contributed by atoms with E-state index in [9.17, 15) is 24.0 Å². The van der Waals surface area contributed by atoms with Crippen LogP contribution in [0.5, 0.6) is 0 Å². The number of primary amides is 1. The highest BCUT2D eigenvalue weighted by Crippen LogP contribution is 2.37. The normalized spacial score (nSPS) is 12.5. The van der Waals surface area contributed by atoms with Gasteiger partial charge in [-0.2, -0.15) is 0 Å². The molecule has 14 heteroatoms. The molecule has 3 aromatic carbocycles. The number of carbonyl (C=O) groups is 5. The van der Waals surface area contributed by atoms with Gasteiger partial charge in [0.15, 0.2) is 0 Å². The number of rotatable bonds is 18. The van der Waals surface area contributed by atoms with Gasteiger partial charge in [-0.15, -0.1) is 12.8 Å². The second-order valence-electron chi connectivity index (χ2n) is 16.7. The third kappa shape index (κ3) is 13.5. The van der Waals surface area contributed by atoms with Crippen molar-refractivity contribution in [1.29, 1.82) is 0 Å². The van der Waals surface area contributed by atoms with Crippen LogP contribution in [0.15, 0.2) is 78.9 Å². The minimum Gasteiger partial charge on any atom is -0.444 e. The van der Waals surface area contributed by atoms with E-state index in [0.717, 1.165) is 10.4 Å². The van der Waals surface area contributed by atoms with Gasteiger partial charge in [-0.3, -0.25) is 14.4 Å². The fourth-order valence-corrected chi connectivity index (χ4v) is 11.3. The Hall–Kier alpha value is -6.09. The van der Waals surface area contributed by atoms with Gasteiger partial charge >= 0.3 is 12.1 Å². The molecule has 0 heterocycles. The Bertz CT molecular complexity index is 1980. The second-order valence-corrected chi connectivity index (χ2v) is 21.1. The van der Waals surface area contributed by atoms with Crippen molar-refractivity contribution in [2.45, 2.75) is 97.6 Å². The van der Waals surface area contributed by atoms with Crippen LogP contribution in [-0.2, 0) is 25.4 Å². The molecular weight excluding hydrogens is 777 g/mol. The van der Waals surface area contributed by atoms with Crippen LogP contribution in [-0.4, -0.2) is 80.4 Å². The summed E-state index contributed by atoms with van der Waals surface area (Å²) in [6.07, 6.45) is 10.9. The maximum Gasteiger partial charge on any atom is 0.408 e. The summed E-state index contributed by atoms with van der Waals surface area (Å²) < 4.78 is 12.6. The number of hydrogen-bond donors (Lipinski definition) is 5. The Morgan fingerprint density at radius 3 is 1.87 bits per heavy atom. The molecule has 0 saturated heterocycles. The van der Waals surface area contributed by atoms with E-state index in [1.54, 1.807) is 52.8 Å². The van der Waals surface area contributed by atoms with Crippen molar-refractivity contribution in [3.63, 3.8) is 0 Å². The van der Waals surface area contributed by atoms with Crippen molar-refractivity contribution >= 4 is 54.2 Å². The van der Waals surface area contributed by atoms with Crippen LogP contribution in [0.3, 0.4) is 0 Å². The van der Waals surface area contributed by atoms with Crippen LogP contribution in [0.1, 0.15) is 84.2 Å². The summed E-state index contributed by atoms with van der Waals surface area (Å²) in [6.45, 7) is 15.1. The fraction of sp³-hybridized carbons (Fsp3) is 0.413. The number of alkyl carbamates (subject to hydrolysis) is 1. The molecule has 0 unspecified atom stereocenters. The Balaban J connectivity index is 2.06. The number of anilines is 1. The summed E-state index contributed by atoms with van der Waals surface area (Å²) >= 11 is 0. The number of nitrogens with zero attached hydrogens (tertiary/aromatic N) is 1. The SMILES string of the molecule is C#CCN(CC#C)C(=O)c1cc(NC(=O)[C@H](CCCNC(N)=O)NC(=O)[C@@H](NC(=O)OC(C)(C)C)C(C)C)ccc1CO[Si](c1ccccc1)(c1ccccc1)C(C)(C)C. The van der Waals surface area contributed by atoms with Gasteiger partial charge in [0.05, 0.1) is 19.7 Å². The summed E-state index contributed by atoms with van der Waals surface area (Å²) in [6, 6.07) is 22.2. The average molecular weight is 837 g/mol. The van der Waals surface area contributed by atoms with E-state index in [1.165, 1.54) is 4.90 Å². The maximum atomic E-state index is 14.3. The molecule has 320 valence electrons. The summed E-state index contributed by atoms with van der Waals surface area (Å²) in [7, 11) is -3.05. The van der Waals surface area contributed by atoms with Crippen molar-refractivity contribution in [2.75, 3.05) is 25.0 Å². The average Bonchev–Trinajstić information content (AvgIpc) is 3.17. The van der Waals surface area contributed by atoms with Crippen molar-refractivity contribution in [1.82, 2.24) is 20.9 Å². The van der Waals surface area contributed by atoms with Gasteiger partial charge in [-0.05, 0) is 72.6 Å². The van der Waals surface area contributed by atoms with Crippen LogP contribution < -0.4 is 37.4 Å². The molecule has 0 spiro atoms. The summed E-state index contributed by atoms with van der Waals surface area (Å²) in [5, 5.41) is 12.5. The number of amides is 6. The molecular formula is C46H60N6O7Si. The van der Waals surface area contributed by atoms with Crippen LogP contribution in [0.2, 0.25) is 5.04 Å². The van der Waals surface area contributed by atoms with E-state index in [1.807, 2.05) is 36.4 Å². The molecule has 0 aliphatic heterocycles. The first-order valence-electron chi connectivity index (χ1n) is 19.9. The van der Waals surface area contributed by atoms with Gasteiger partial charge in [0, 0.05) is 17.8 Å². The summed E-state index contributed by atoms with van der Waals surface area (Å²) in [5.41, 5.74) is 5.44. The van der Waals surface area contributed by atoms with Gasteiger partial charge in [-0.1, -0.05) is 113 Å². The molecule has 60 heavy (non-hydrogen) atoms. The molecule has 3 aromatic rings. The molecule has 0 saturated carbocycles. The molecule has 0 bridgehead atoms. The highest BCUT2D eigenvalue weighted by atomic mass is 28.4. The monoisotopic (exact) mass is 836 g/mol. The first-order valence-corrected chi connectivity index (χ1v) is 21.8. The highest BCUT2D eigenvalue weighted by Gasteiger charge is 2.50. The number of hydrogen-bond acceptors (Lipinski definition) is 7. The Morgan fingerprint density at radius 2 is 1.38 bits per heavy atom. The van der Waals surface area contributed by atoms with Crippen LogP contribution in [0.25, 0.3) is 0 Å². The number of terminal acetylenes is 2. The van der Waals surface area contributed by atoms with Crippen LogP contribution in [0, 0.1) is 30.6 Å². The van der Waals surface area contributed by atoms with Gasteiger partial charge < -0.3 is 41.1 Å². The third-order valence-corrected chi connectivity index (χ3v) is 14.5. The molecule has 13 nitrogen and oxygen atoms in total. The Kier molecular flexibility index (Phi) is 17.5. The van der Waals surface area contributed by atoms with E-state index in [4.69, 9.17) is 27.7 Å². The lowest BCUT2D eigenvalue weighted by molar-refractivity contribution is -0.128. The predicted octanol–water partition coefficient (Wildman–Crippen LogP) is 4.89. The van der Waals surface area contributed by atoms with Gasteiger partial charge in [0.1, 0.15) is 17.7 Å². The largest absolute Gasteiger partial charge is 0.444 e. The zero-order valence-electron chi connectivity index (χ0n) is 36.0. The quantitative estimate of drug-likeness (QED) is 0.0687. The van der Waals surface area contributed by atoms with Crippen molar-refractivity contribution in [3.05, 3.63) is 90.0 Å². The van der Waals surface area contributed by atoms with Crippen molar-refractivity contribution < 1.29 is 33.1 Å². The third-order valence-electron chi connectivity index (χ3n) is 9.54. The van der Waals surface area contributed by atoms with E-state index in [-0.39, 0.29) is 61.3 Å². The molecule has 6 amide bonds. The van der Waals surface area contributed by atoms with Gasteiger partial charge in [0.2, 0.25) is 11.8 Å². The molecule has 3 rings (SSSR count). The van der Waals surface area contributed by atoms with E-state index in [0.29, 0.717) is 5.56 Å². The maximum absolute atomic E-state index is 14.3. The number of carbonyl (C=O) groups excluding carboxylic acids is 5. The fourth-order valence-electron chi connectivity index (χ4n) is 6.76. The van der Waals surface area contributed by atoms with E-state index >= 15 is 0 Å². The standard InChI is InChI=1S/C46H60N6O7Si/c1-11-28-52(29-12-2)42(55)37-30-34(26-25-33(37)31-58-60(46(8,9)10,35-20-15-13-16-21-35)36-22-17-14-18-23-36)49-40(53)38(24-19-27-48-43(47)56)50-41(54)39(32(3)4)51-44(57)59-45(5,6)7/h1-2,13-18,20-23,25-26,30,32,38-39H,19,24,27-29,31H2,3-10H3,(H,49,53)(H,50,54)(H,51,57)(H3,47,48,56)/t38-,39-/m0/s1. The Labute approximate surface area is 356 Å². The summed E-state index contributed by atoms with van der Waals surface area (Å²) in [4.78, 5) is 67.4. The molecule has 0 radical (unpaired) electrons. The van der Waals surface area contributed by atoms with Gasteiger partial charge in [-0.25, -0.2) is 9.59 Å². The van der Waals surface area contributed by atoms with Crippen molar-refractivity contribution in [2.24, 2.45) is 11.7 Å². The number of ether oxygens (including phenoxy) is 1. The number of nitrogens with one attached hydrogen (secondary N) is 4. The number of urea groups is 1. The van der Waals surface area contributed by atoms with E-state index in [2.05, 4.69) is 78.1 Å². The smallest absolute Gasteiger partial charge is 0.408 e. The zero-order valence-corrected chi connectivity index (χ0v) is 37.0. The first-order chi connectivity index (χ1) is 28.2. The highest BCUT2D eigenvalue weighted by molar-refractivity contribution is 6.99. The molecule has 2 atom stereocenters. The lowest BCUT2D eigenvalue weighted by Gasteiger charge is -2.43. The van der Waals surface area contributed by atoms with E-state index < -0.39 is 55.8 Å². The number of nitrogens with two attached hydrogens (primary N) is 1. The topological polar surface area (TPSA) is 181 Å². The lowest BCUT2D eigenvalue weighted by Crippen LogP contribution is -2.66. The minimum absolute atomic E-state index is 0.0370.